The number of aryl methyl sites for hydroxylation is 2. The molecular weight excluding hydrogens is 370 g/mol. The van der Waals surface area contributed by atoms with Crippen LogP contribution in [0.2, 0.25) is 0 Å². The molecule has 1 aromatic carbocycles. The molecule has 0 atom stereocenters. The predicted molar refractivity (Wildman–Crippen MR) is 97.2 cm³/mol. The van der Waals surface area contributed by atoms with Gasteiger partial charge in [0.05, 0.1) is 17.0 Å². The fraction of sp³-hybridized carbons (Fsp3) is 0.294. The highest BCUT2D eigenvalue weighted by Gasteiger charge is 2.16. The van der Waals surface area contributed by atoms with Crippen LogP contribution in [0, 0.1) is 6.92 Å². The van der Waals surface area contributed by atoms with E-state index in [0.29, 0.717) is 24.6 Å². The van der Waals surface area contributed by atoms with Gasteiger partial charge in [-0.2, -0.15) is 5.10 Å². The largest absolute Gasteiger partial charge is 0.407 e. The first kappa shape index (κ1) is 18.8. The zero-order chi connectivity index (χ0) is 19.6. The van der Waals surface area contributed by atoms with Crippen LogP contribution in [0.1, 0.15) is 34.6 Å². The van der Waals surface area contributed by atoms with Crippen LogP contribution in [0.3, 0.4) is 0 Å². The minimum atomic E-state index is -3.24. The van der Waals surface area contributed by atoms with Gasteiger partial charge in [-0.25, -0.2) is 8.42 Å². The standard InChI is InChI=1S/C17H19N5O4S/c1-4-22-14(9-11(2)21-22)16(23)18-17-20-19-15(26-17)10-12-5-7-13(8-6-12)27(3,24)25/h5-9H,4,10H2,1-3H3,(H,18,20,23). The molecule has 0 radical (unpaired) electrons. The van der Waals surface area contributed by atoms with Gasteiger partial charge in [0.25, 0.3) is 5.91 Å². The van der Waals surface area contributed by atoms with Crippen molar-refractivity contribution in [3.05, 3.63) is 53.2 Å². The van der Waals surface area contributed by atoms with Crippen LogP contribution in [0.15, 0.2) is 39.6 Å². The molecule has 2 aromatic heterocycles. The first-order chi connectivity index (χ1) is 12.8. The Kier molecular flexibility index (Phi) is 5.08. The number of rotatable bonds is 6. The molecule has 10 heteroatoms. The maximum atomic E-state index is 12.3. The lowest BCUT2D eigenvalue weighted by atomic mass is 10.1. The number of nitrogens with one attached hydrogen (secondary N) is 1. The molecule has 1 amide bonds. The highest BCUT2D eigenvalue weighted by molar-refractivity contribution is 7.90. The number of hydrogen-bond acceptors (Lipinski definition) is 7. The van der Waals surface area contributed by atoms with E-state index in [2.05, 4.69) is 20.6 Å². The zero-order valence-corrected chi connectivity index (χ0v) is 15.9. The molecule has 0 bridgehead atoms. The van der Waals surface area contributed by atoms with E-state index < -0.39 is 9.84 Å². The second kappa shape index (κ2) is 7.31. The predicted octanol–water partition coefficient (Wildman–Crippen LogP) is 1.84. The summed E-state index contributed by atoms with van der Waals surface area (Å²) in [5.41, 5.74) is 1.96. The van der Waals surface area contributed by atoms with Crippen molar-refractivity contribution in [2.75, 3.05) is 11.6 Å². The fourth-order valence-electron chi connectivity index (χ4n) is 2.54. The monoisotopic (exact) mass is 389 g/mol. The molecule has 0 aliphatic rings. The smallest absolute Gasteiger partial charge is 0.322 e. The molecule has 27 heavy (non-hydrogen) atoms. The van der Waals surface area contributed by atoms with Crippen molar-refractivity contribution in [2.45, 2.75) is 31.7 Å². The van der Waals surface area contributed by atoms with Crippen molar-refractivity contribution in [1.29, 1.82) is 0 Å². The Hall–Kier alpha value is -3.01. The van der Waals surface area contributed by atoms with E-state index in [1.165, 1.54) is 12.1 Å². The van der Waals surface area contributed by atoms with Gasteiger partial charge in [0.15, 0.2) is 9.84 Å². The van der Waals surface area contributed by atoms with Gasteiger partial charge >= 0.3 is 6.01 Å². The van der Waals surface area contributed by atoms with E-state index in [1.54, 1.807) is 22.9 Å². The van der Waals surface area contributed by atoms with E-state index in [9.17, 15) is 13.2 Å². The highest BCUT2D eigenvalue weighted by atomic mass is 32.2. The number of aromatic nitrogens is 4. The Bertz CT molecular complexity index is 1070. The maximum Gasteiger partial charge on any atom is 0.322 e. The molecule has 0 aliphatic heterocycles. The second-order valence-electron chi connectivity index (χ2n) is 6.03. The van der Waals surface area contributed by atoms with Gasteiger partial charge < -0.3 is 4.42 Å². The van der Waals surface area contributed by atoms with Gasteiger partial charge in [-0.1, -0.05) is 17.2 Å². The zero-order valence-electron chi connectivity index (χ0n) is 15.1. The molecule has 1 N–H and O–H groups in total. The van der Waals surface area contributed by atoms with Crippen LogP contribution in [-0.4, -0.2) is 40.6 Å². The summed E-state index contributed by atoms with van der Waals surface area (Å²) in [7, 11) is -3.24. The second-order valence-corrected chi connectivity index (χ2v) is 8.05. The molecule has 0 spiro atoms. The third-order valence-corrected chi connectivity index (χ3v) is 4.96. The lowest BCUT2D eigenvalue weighted by Gasteiger charge is -2.03. The topological polar surface area (TPSA) is 120 Å². The van der Waals surface area contributed by atoms with Crippen molar-refractivity contribution in [2.24, 2.45) is 0 Å². The summed E-state index contributed by atoms with van der Waals surface area (Å²) in [5, 5.41) is 14.5. The number of amides is 1. The molecule has 0 unspecified atom stereocenters. The first-order valence-electron chi connectivity index (χ1n) is 8.23. The van der Waals surface area contributed by atoms with Gasteiger partial charge in [0.2, 0.25) is 5.89 Å². The van der Waals surface area contributed by atoms with Crippen LogP contribution < -0.4 is 5.32 Å². The molecule has 0 fully saturated rings. The Morgan fingerprint density at radius 2 is 1.93 bits per heavy atom. The summed E-state index contributed by atoms with van der Waals surface area (Å²) < 4.78 is 30.0. The van der Waals surface area contributed by atoms with E-state index >= 15 is 0 Å². The number of benzene rings is 1. The van der Waals surface area contributed by atoms with E-state index in [4.69, 9.17) is 4.42 Å². The first-order valence-corrected chi connectivity index (χ1v) is 10.1. The van der Waals surface area contributed by atoms with Crippen LogP contribution in [0.4, 0.5) is 6.01 Å². The van der Waals surface area contributed by atoms with Gasteiger partial charge in [0, 0.05) is 12.8 Å². The molecular formula is C17H19N5O4S. The summed E-state index contributed by atoms with van der Waals surface area (Å²) in [6.07, 6.45) is 1.47. The molecule has 0 saturated heterocycles. The van der Waals surface area contributed by atoms with Crippen LogP contribution in [-0.2, 0) is 22.8 Å². The van der Waals surface area contributed by atoms with Crippen molar-refractivity contribution >= 4 is 21.8 Å². The van der Waals surface area contributed by atoms with Gasteiger partial charge in [-0.3, -0.25) is 14.8 Å². The van der Waals surface area contributed by atoms with Gasteiger partial charge in [0.1, 0.15) is 5.69 Å². The lowest BCUT2D eigenvalue weighted by molar-refractivity contribution is 0.101. The van der Waals surface area contributed by atoms with Crippen molar-refractivity contribution in [1.82, 2.24) is 20.0 Å². The van der Waals surface area contributed by atoms with Gasteiger partial charge in [-0.15, -0.1) is 5.10 Å². The summed E-state index contributed by atoms with van der Waals surface area (Å²) in [6, 6.07) is 8.09. The quantitative estimate of drug-likeness (QED) is 0.683. The van der Waals surface area contributed by atoms with Gasteiger partial charge in [-0.05, 0) is 37.6 Å². The number of anilines is 1. The number of hydrogen-bond donors (Lipinski definition) is 1. The van der Waals surface area contributed by atoms with Crippen molar-refractivity contribution in [3.8, 4) is 0 Å². The van der Waals surface area contributed by atoms with Crippen LogP contribution in [0.5, 0.6) is 0 Å². The van der Waals surface area contributed by atoms with E-state index in [-0.39, 0.29) is 16.8 Å². The average molecular weight is 389 g/mol. The number of nitrogens with zero attached hydrogens (tertiary/aromatic N) is 4. The molecule has 2 heterocycles. The molecule has 9 nitrogen and oxygen atoms in total. The normalized spacial score (nSPS) is 11.5. The number of carbonyl (C=O) groups is 1. The van der Waals surface area contributed by atoms with Crippen molar-refractivity contribution in [3.63, 3.8) is 0 Å². The van der Waals surface area contributed by atoms with Crippen LogP contribution >= 0.6 is 0 Å². The Morgan fingerprint density at radius 1 is 1.22 bits per heavy atom. The molecule has 3 rings (SSSR count). The van der Waals surface area contributed by atoms with E-state index in [0.717, 1.165) is 17.5 Å². The molecule has 142 valence electrons. The summed E-state index contributed by atoms with van der Waals surface area (Å²) in [4.78, 5) is 12.6. The SMILES string of the molecule is CCn1nc(C)cc1C(=O)Nc1nnc(Cc2ccc(S(C)(=O)=O)cc2)o1. The number of sulfone groups is 1. The molecule has 0 saturated carbocycles. The summed E-state index contributed by atoms with van der Waals surface area (Å²) in [6.45, 7) is 4.26. The van der Waals surface area contributed by atoms with Crippen LogP contribution in [0.25, 0.3) is 0 Å². The Morgan fingerprint density at radius 3 is 2.56 bits per heavy atom. The molecule has 0 aliphatic carbocycles. The highest BCUT2D eigenvalue weighted by Crippen LogP contribution is 2.15. The third-order valence-electron chi connectivity index (χ3n) is 3.83. The van der Waals surface area contributed by atoms with Crippen molar-refractivity contribution < 1.29 is 17.6 Å². The minimum absolute atomic E-state index is 0.00994. The molecule has 3 aromatic rings. The maximum absolute atomic E-state index is 12.3. The summed E-state index contributed by atoms with van der Waals surface area (Å²) >= 11 is 0. The van der Waals surface area contributed by atoms with E-state index in [1.807, 2.05) is 13.8 Å². The Balaban J connectivity index is 1.69. The Labute approximate surface area is 156 Å². The number of carbonyl (C=O) groups excluding carboxylic acids is 1. The summed E-state index contributed by atoms with van der Waals surface area (Å²) in [5.74, 6) is -0.0808. The minimum Gasteiger partial charge on any atom is -0.407 e. The third kappa shape index (κ3) is 4.40. The average Bonchev–Trinajstić information content (AvgIpc) is 3.20. The fourth-order valence-corrected chi connectivity index (χ4v) is 3.17. The lowest BCUT2D eigenvalue weighted by Crippen LogP contribution is -2.17.